The zero-order valence-corrected chi connectivity index (χ0v) is 23.2. The van der Waals surface area contributed by atoms with Gasteiger partial charge in [0.2, 0.25) is 0 Å². The molecule has 43 heavy (non-hydrogen) atoms. The van der Waals surface area contributed by atoms with Crippen molar-refractivity contribution in [2.24, 2.45) is 0 Å². The van der Waals surface area contributed by atoms with Gasteiger partial charge in [-0.3, -0.25) is 0 Å². The molecule has 8 nitrogen and oxygen atoms in total. The monoisotopic (exact) mass is 603 g/mol. The van der Waals surface area contributed by atoms with E-state index in [0.29, 0.717) is 46.1 Å². The van der Waals surface area contributed by atoms with Gasteiger partial charge in [-0.15, -0.1) is 11.3 Å². The normalized spacial score (nSPS) is 16.4. The summed E-state index contributed by atoms with van der Waals surface area (Å²) in [6.07, 6.45) is -0.148. The van der Waals surface area contributed by atoms with Gasteiger partial charge in [-0.2, -0.15) is 13.2 Å². The number of pyridine rings is 2. The maximum absolute atomic E-state index is 13.3. The number of benzene rings is 2. The van der Waals surface area contributed by atoms with Crippen molar-refractivity contribution in [3.8, 4) is 10.6 Å². The Morgan fingerprint density at radius 3 is 2.51 bits per heavy atom. The lowest BCUT2D eigenvalue weighted by molar-refractivity contribution is -0.137. The standard InChI is InChI=1S/C31H24F3N5O3S/c32-31(33,34)20-10-12-35-26(14-20)39-27-16-22(37-21-6-2-1-3-7-21)15-24(38-27)25-17-36-29(43-25)30(42)11-4-5-18-13-19(28(40)41)8-9-23(18)30/h1-3,6-10,12-17,42H,4-5,11H2,(H,40,41)(H2,35,37,38,39). The highest BCUT2D eigenvalue weighted by Gasteiger charge is 2.39. The smallest absolute Gasteiger partial charge is 0.416 e. The third-order valence-electron chi connectivity index (χ3n) is 7.13. The molecule has 6 rings (SSSR count). The summed E-state index contributed by atoms with van der Waals surface area (Å²) in [7, 11) is 0. The topological polar surface area (TPSA) is 120 Å². The van der Waals surface area contributed by atoms with Gasteiger partial charge < -0.3 is 20.8 Å². The van der Waals surface area contributed by atoms with Crippen LogP contribution in [0, 0.1) is 0 Å². The fourth-order valence-corrected chi connectivity index (χ4v) is 6.11. The van der Waals surface area contributed by atoms with E-state index >= 15 is 0 Å². The summed E-state index contributed by atoms with van der Waals surface area (Å²) in [5, 5.41) is 27.8. The zero-order chi connectivity index (χ0) is 30.2. The summed E-state index contributed by atoms with van der Waals surface area (Å²) in [6, 6.07) is 19.3. The first-order chi connectivity index (χ1) is 20.6. The number of carboxylic acids is 1. The van der Waals surface area contributed by atoms with Crippen molar-refractivity contribution in [2.75, 3.05) is 10.6 Å². The number of carboxylic acid groups (broad SMARTS) is 1. The van der Waals surface area contributed by atoms with Gasteiger partial charge in [0.15, 0.2) is 0 Å². The summed E-state index contributed by atoms with van der Waals surface area (Å²) >= 11 is 1.24. The molecule has 3 aromatic heterocycles. The Balaban J connectivity index is 1.37. The van der Waals surface area contributed by atoms with Crippen molar-refractivity contribution in [1.82, 2.24) is 15.0 Å². The number of anilines is 4. The zero-order valence-electron chi connectivity index (χ0n) is 22.4. The van der Waals surface area contributed by atoms with E-state index < -0.39 is 23.3 Å². The number of hydrogen-bond donors (Lipinski definition) is 4. The number of halogens is 3. The van der Waals surface area contributed by atoms with Crippen molar-refractivity contribution < 1.29 is 28.2 Å². The van der Waals surface area contributed by atoms with Gasteiger partial charge in [-0.25, -0.2) is 19.7 Å². The first-order valence-corrected chi connectivity index (χ1v) is 14.1. The number of nitrogens with one attached hydrogen (secondary N) is 2. The molecule has 0 saturated carbocycles. The first-order valence-electron chi connectivity index (χ1n) is 13.3. The number of aromatic nitrogens is 3. The van der Waals surface area contributed by atoms with Crippen LogP contribution in [0.25, 0.3) is 10.6 Å². The Labute approximate surface area is 247 Å². The van der Waals surface area contributed by atoms with E-state index in [9.17, 15) is 28.2 Å². The minimum absolute atomic E-state index is 0.0241. The molecule has 12 heteroatoms. The molecule has 1 atom stereocenters. The number of alkyl halides is 3. The lowest BCUT2D eigenvalue weighted by atomic mass is 9.79. The van der Waals surface area contributed by atoms with E-state index in [1.54, 1.807) is 30.5 Å². The molecule has 0 fully saturated rings. The second-order valence-electron chi connectivity index (χ2n) is 10.1. The van der Waals surface area contributed by atoms with Crippen LogP contribution < -0.4 is 10.6 Å². The molecular formula is C31H24F3N5O3S. The molecule has 0 bridgehead atoms. The second kappa shape index (κ2) is 11.1. The molecule has 3 heterocycles. The number of para-hydroxylation sites is 1. The number of rotatable bonds is 7. The summed E-state index contributed by atoms with van der Waals surface area (Å²) in [5.74, 6) is -0.808. The SMILES string of the molecule is O=C(O)c1ccc2c(c1)CCCC2(O)c1ncc(-c2cc(Nc3ccccc3)cc(Nc3cc(C(F)(F)F)ccn3)n2)s1. The molecule has 0 saturated heterocycles. The Bertz CT molecular complexity index is 1810. The maximum Gasteiger partial charge on any atom is 0.416 e. The largest absolute Gasteiger partial charge is 0.478 e. The van der Waals surface area contributed by atoms with Crippen LogP contribution in [0.4, 0.5) is 36.2 Å². The highest BCUT2D eigenvalue weighted by molar-refractivity contribution is 7.15. The van der Waals surface area contributed by atoms with Crippen LogP contribution in [0.15, 0.2) is 85.2 Å². The van der Waals surface area contributed by atoms with Crippen LogP contribution in [-0.2, 0) is 18.2 Å². The van der Waals surface area contributed by atoms with Gasteiger partial charge in [-0.05, 0) is 72.9 Å². The molecule has 218 valence electrons. The Morgan fingerprint density at radius 2 is 1.74 bits per heavy atom. The number of aryl methyl sites for hydroxylation is 1. The average Bonchev–Trinajstić information content (AvgIpc) is 3.49. The van der Waals surface area contributed by atoms with Crippen molar-refractivity contribution >= 4 is 40.3 Å². The number of aromatic carboxylic acids is 1. The van der Waals surface area contributed by atoms with Crippen LogP contribution in [0.2, 0.25) is 0 Å². The molecule has 2 aromatic carbocycles. The Kier molecular flexibility index (Phi) is 7.32. The van der Waals surface area contributed by atoms with Crippen LogP contribution >= 0.6 is 11.3 Å². The second-order valence-corrected chi connectivity index (χ2v) is 11.1. The van der Waals surface area contributed by atoms with Crippen molar-refractivity contribution in [1.29, 1.82) is 0 Å². The van der Waals surface area contributed by atoms with Crippen molar-refractivity contribution in [2.45, 2.75) is 31.0 Å². The Hall–Kier alpha value is -4.81. The Morgan fingerprint density at radius 1 is 0.930 bits per heavy atom. The summed E-state index contributed by atoms with van der Waals surface area (Å²) < 4.78 is 39.9. The van der Waals surface area contributed by atoms with Crippen LogP contribution in [0.1, 0.15) is 44.9 Å². The molecule has 4 N–H and O–H groups in total. The average molecular weight is 604 g/mol. The summed E-state index contributed by atoms with van der Waals surface area (Å²) in [5.41, 5.74) is 1.17. The van der Waals surface area contributed by atoms with Gasteiger partial charge >= 0.3 is 12.1 Å². The molecule has 0 spiro atoms. The quantitative estimate of drug-likeness (QED) is 0.152. The highest BCUT2D eigenvalue weighted by atomic mass is 32.1. The fraction of sp³-hybridized carbons (Fsp3) is 0.161. The lowest BCUT2D eigenvalue weighted by Crippen LogP contribution is -2.32. The summed E-state index contributed by atoms with van der Waals surface area (Å²) in [4.78, 5) is 25.3. The predicted octanol–water partition coefficient (Wildman–Crippen LogP) is 7.38. The third-order valence-corrected chi connectivity index (χ3v) is 8.30. The number of fused-ring (bicyclic) bond motifs is 1. The number of aliphatic hydroxyl groups is 1. The van der Waals surface area contributed by atoms with Crippen LogP contribution in [0.5, 0.6) is 0 Å². The fourth-order valence-electron chi connectivity index (χ4n) is 5.10. The molecule has 1 aliphatic rings. The van der Waals surface area contributed by atoms with E-state index in [1.165, 1.54) is 17.4 Å². The van der Waals surface area contributed by atoms with Gasteiger partial charge in [-0.1, -0.05) is 24.3 Å². The number of nitrogens with zero attached hydrogens (tertiary/aromatic N) is 3. The maximum atomic E-state index is 13.3. The number of thiazole rings is 1. The summed E-state index contributed by atoms with van der Waals surface area (Å²) in [6.45, 7) is 0. The predicted molar refractivity (Wildman–Crippen MR) is 157 cm³/mol. The first kappa shape index (κ1) is 28.3. The lowest BCUT2D eigenvalue weighted by Gasteiger charge is -2.33. The number of carbonyl (C=O) groups is 1. The molecule has 0 amide bonds. The van der Waals surface area contributed by atoms with Crippen LogP contribution in [-0.4, -0.2) is 31.1 Å². The molecular weight excluding hydrogens is 579 g/mol. The minimum Gasteiger partial charge on any atom is -0.478 e. The molecule has 5 aromatic rings. The highest BCUT2D eigenvalue weighted by Crippen LogP contribution is 2.44. The van der Waals surface area contributed by atoms with E-state index in [1.807, 2.05) is 30.3 Å². The van der Waals surface area contributed by atoms with Gasteiger partial charge in [0.1, 0.15) is 22.2 Å². The molecule has 1 aliphatic carbocycles. The van der Waals surface area contributed by atoms with E-state index in [-0.39, 0.29) is 17.2 Å². The number of hydrogen-bond acceptors (Lipinski definition) is 8. The van der Waals surface area contributed by atoms with Gasteiger partial charge in [0.05, 0.1) is 21.7 Å². The van der Waals surface area contributed by atoms with Crippen LogP contribution in [0.3, 0.4) is 0 Å². The van der Waals surface area contributed by atoms with Gasteiger partial charge in [0, 0.05) is 29.8 Å². The molecule has 0 radical (unpaired) electrons. The third kappa shape index (κ3) is 5.92. The van der Waals surface area contributed by atoms with E-state index in [0.717, 1.165) is 29.6 Å². The van der Waals surface area contributed by atoms with Gasteiger partial charge in [0.25, 0.3) is 0 Å². The van der Waals surface area contributed by atoms with E-state index in [2.05, 4.69) is 25.6 Å². The minimum atomic E-state index is -4.53. The molecule has 1 unspecified atom stereocenters. The van der Waals surface area contributed by atoms with Crippen molar-refractivity contribution in [3.05, 3.63) is 112 Å². The molecule has 0 aliphatic heterocycles. The van der Waals surface area contributed by atoms with Crippen molar-refractivity contribution in [3.63, 3.8) is 0 Å². The van der Waals surface area contributed by atoms with E-state index in [4.69, 9.17) is 0 Å².